The maximum atomic E-state index is 4.20. The Bertz CT molecular complexity index is 945. The molecular weight excluding hydrogens is 399 g/mol. The van der Waals surface area contributed by atoms with Crippen molar-refractivity contribution in [1.29, 1.82) is 0 Å². The van der Waals surface area contributed by atoms with Crippen molar-refractivity contribution >= 4 is 37.5 Å². The number of hydrogen-bond donors (Lipinski definition) is 0. The molecule has 0 aromatic heterocycles. The van der Waals surface area contributed by atoms with Crippen molar-refractivity contribution in [2.75, 3.05) is 0 Å². The summed E-state index contributed by atoms with van der Waals surface area (Å²) >= 11 is 4.20. The van der Waals surface area contributed by atoms with E-state index in [0.717, 1.165) is 0 Å². The largest absolute Gasteiger partial charge is 0.0732 e. The molecule has 0 aliphatic heterocycles. The van der Waals surface area contributed by atoms with Gasteiger partial charge in [-0.15, -0.1) is 0 Å². The van der Waals surface area contributed by atoms with Crippen LogP contribution in [0.4, 0.5) is 0 Å². The van der Waals surface area contributed by atoms with Crippen molar-refractivity contribution in [3.63, 3.8) is 0 Å². The molecule has 3 aromatic rings. The Morgan fingerprint density at radius 2 is 1.15 bits per heavy atom. The van der Waals surface area contributed by atoms with Crippen molar-refractivity contribution in [1.82, 2.24) is 0 Å². The van der Waals surface area contributed by atoms with Crippen LogP contribution < -0.4 is 10.6 Å². The van der Waals surface area contributed by atoms with Gasteiger partial charge in [-0.05, 0) is 27.5 Å². The smallest absolute Gasteiger partial charge is 0.0210 e. The second-order valence-corrected chi connectivity index (χ2v) is 12.3. The summed E-state index contributed by atoms with van der Waals surface area (Å²) in [6, 6.07) is 30.3. The van der Waals surface area contributed by atoms with Crippen molar-refractivity contribution in [3.8, 4) is 0 Å². The minimum atomic E-state index is -1.82. The monoisotopic (exact) mass is 418 g/mol. The molecule has 4 rings (SSSR count). The molecule has 0 heterocycles. The van der Waals surface area contributed by atoms with Crippen LogP contribution >= 0.6 is 21.1 Å². The Labute approximate surface area is 163 Å². The molecule has 0 unspecified atom stereocenters. The van der Waals surface area contributed by atoms with Crippen LogP contribution in [0.25, 0.3) is 0 Å². The molecule has 0 spiro atoms. The fourth-order valence-electron chi connectivity index (χ4n) is 3.35. The quantitative estimate of drug-likeness (QED) is 0.454. The predicted octanol–water partition coefficient (Wildman–Crippen LogP) is 6.03. The first-order valence-corrected chi connectivity index (χ1v) is 12.6. The summed E-state index contributed by atoms with van der Waals surface area (Å²) in [5, 5.41) is 2.66. The standard InChI is InChI=1S/C24H20BrP/c25-26(22-14-3-1-4-15-22,23-16-5-2-6-17-23)19-21-13-9-10-18-24(21)20-11-7-8-12-20/h1-20H. The molecule has 0 N–H and O–H groups in total. The van der Waals surface area contributed by atoms with Gasteiger partial charge in [0, 0.05) is 11.5 Å². The van der Waals surface area contributed by atoms with E-state index in [2.05, 4.69) is 131 Å². The maximum absolute atomic E-state index is 4.20. The highest BCUT2D eigenvalue weighted by Crippen LogP contribution is 2.53. The molecule has 0 atom stereocenters. The Morgan fingerprint density at radius 3 is 1.73 bits per heavy atom. The topological polar surface area (TPSA) is 0 Å². The van der Waals surface area contributed by atoms with E-state index < -0.39 is 5.59 Å². The molecule has 0 radical (unpaired) electrons. The molecular formula is C24H20BrP. The van der Waals surface area contributed by atoms with E-state index in [4.69, 9.17) is 0 Å². The van der Waals surface area contributed by atoms with Crippen LogP contribution in [0, 0.1) is 0 Å². The van der Waals surface area contributed by atoms with Crippen molar-refractivity contribution in [2.45, 2.75) is 5.92 Å². The summed E-state index contributed by atoms with van der Waals surface area (Å²) in [5.74, 6) is 2.81. The highest BCUT2D eigenvalue weighted by atomic mass is 79.9. The van der Waals surface area contributed by atoms with Gasteiger partial charge in [-0.3, -0.25) is 0 Å². The van der Waals surface area contributed by atoms with Crippen molar-refractivity contribution in [2.24, 2.45) is 0 Å². The van der Waals surface area contributed by atoms with Crippen LogP contribution in [-0.4, -0.2) is 5.80 Å². The number of halogens is 1. The molecule has 0 saturated carbocycles. The predicted molar refractivity (Wildman–Crippen MR) is 121 cm³/mol. The van der Waals surface area contributed by atoms with Gasteiger partial charge < -0.3 is 0 Å². The molecule has 0 fully saturated rings. The van der Waals surface area contributed by atoms with Gasteiger partial charge in [0.2, 0.25) is 0 Å². The molecule has 26 heavy (non-hydrogen) atoms. The van der Waals surface area contributed by atoms with E-state index in [0.29, 0.717) is 5.92 Å². The summed E-state index contributed by atoms with van der Waals surface area (Å²) < 4.78 is 0. The van der Waals surface area contributed by atoms with Gasteiger partial charge in [-0.1, -0.05) is 125 Å². The number of benzene rings is 3. The lowest BCUT2D eigenvalue weighted by molar-refractivity contribution is 1.10. The zero-order chi connectivity index (χ0) is 17.8. The molecule has 0 bridgehead atoms. The first kappa shape index (κ1) is 17.3. The summed E-state index contributed by atoms with van der Waals surface area (Å²) in [5.41, 5.74) is 0.829. The highest BCUT2D eigenvalue weighted by molar-refractivity contribution is 9.43. The maximum Gasteiger partial charge on any atom is 0.0210 e. The normalized spacial score (nSPS) is 13.9. The summed E-state index contributed by atoms with van der Waals surface area (Å²) in [6.45, 7) is 0. The Kier molecular flexibility index (Phi) is 5.11. The summed E-state index contributed by atoms with van der Waals surface area (Å²) in [4.78, 5) is 0. The lowest BCUT2D eigenvalue weighted by atomic mass is 9.96. The van der Waals surface area contributed by atoms with E-state index >= 15 is 0 Å². The van der Waals surface area contributed by atoms with Crippen LogP contribution in [0.15, 0.2) is 109 Å². The average molecular weight is 419 g/mol. The minimum Gasteiger partial charge on any atom is -0.0732 e. The van der Waals surface area contributed by atoms with Gasteiger partial charge in [0.1, 0.15) is 0 Å². The molecule has 2 heteroatoms. The Hall–Kier alpha value is -2.08. The van der Waals surface area contributed by atoms with Gasteiger partial charge >= 0.3 is 0 Å². The Morgan fingerprint density at radius 1 is 0.654 bits per heavy atom. The highest BCUT2D eigenvalue weighted by Gasteiger charge is 2.20. The molecule has 1 aliphatic carbocycles. The van der Waals surface area contributed by atoms with E-state index in [9.17, 15) is 0 Å². The lowest BCUT2D eigenvalue weighted by Gasteiger charge is -2.22. The first-order chi connectivity index (χ1) is 12.8. The second kappa shape index (κ2) is 7.66. The molecule has 0 nitrogen and oxygen atoms in total. The van der Waals surface area contributed by atoms with E-state index in [1.165, 1.54) is 21.7 Å². The number of rotatable bonds is 4. The van der Waals surface area contributed by atoms with Crippen LogP contribution in [0.5, 0.6) is 0 Å². The van der Waals surface area contributed by atoms with Crippen LogP contribution in [0.2, 0.25) is 0 Å². The van der Waals surface area contributed by atoms with E-state index in [1.54, 1.807) is 0 Å². The number of allylic oxidation sites excluding steroid dienone is 4. The SMILES string of the molecule is BrP(=Cc1ccccc1C1C=CC=C1)(c1ccccc1)c1ccccc1. The molecule has 128 valence electrons. The lowest BCUT2D eigenvalue weighted by Crippen LogP contribution is -2.14. The molecule has 1 aliphatic rings. The van der Waals surface area contributed by atoms with E-state index in [-0.39, 0.29) is 0 Å². The first-order valence-electron chi connectivity index (χ1n) is 8.77. The van der Waals surface area contributed by atoms with Gasteiger partial charge in [0.25, 0.3) is 0 Å². The zero-order valence-corrected chi connectivity index (χ0v) is 16.9. The third-order valence-corrected chi connectivity index (χ3v) is 10.5. The molecule has 3 aromatic carbocycles. The zero-order valence-electron chi connectivity index (χ0n) is 14.4. The third kappa shape index (κ3) is 3.43. The second-order valence-electron chi connectivity index (χ2n) is 6.36. The van der Waals surface area contributed by atoms with Gasteiger partial charge in [-0.2, -0.15) is 0 Å². The van der Waals surface area contributed by atoms with Crippen LogP contribution in [0.3, 0.4) is 0 Å². The van der Waals surface area contributed by atoms with Gasteiger partial charge in [-0.25, -0.2) is 0 Å². The fourth-order valence-corrected chi connectivity index (χ4v) is 7.86. The van der Waals surface area contributed by atoms with Gasteiger partial charge in [0.15, 0.2) is 0 Å². The number of hydrogen-bond acceptors (Lipinski definition) is 0. The molecule has 0 amide bonds. The van der Waals surface area contributed by atoms with E-state index in [1.807, 2.05) is 0 Å². The van der Waals surface area contributed by atoms with Crippen LogP contribution in [-0.2, 0) is 0 Å². The van der Waals surface area contributed by atoms with Crippen molar-refractivity contribution < 1.29 is 0 Å². The average Bonchev–Trinajstić information content (AvgIpc) is 3.24. The summed E-state index contributed by atoms with van der Waals surface area (Å²) in [7, 11) is 0. The van der Waals surface area contributed by atoms with Crippen molar-refractivity contribution in [3.05, 3.63) is 120 Å². The fraction of sp³-hybridized carbons (Fsp3) is 0.0417. The van der Waals surface area contributed by atoms with Gasteiger partial charge in [0.05, 0.1) is 0 Å². The Balaban J connectivity index is 1.94. The molecule has 0 saturated heterocycles. The minimum absolute atomic E-state index is 0.356. The third-order valence-electron chi connectivity index (χ3n) is 4.68. The van der Waals surface area contributed by atoms with Crippen LogP contribution in [0.1, 0.15) is 17.0 Å². The summed E-state index contributed by atoms with van der Waals surface area (Å²) in [6.07, 6.45) is 8.77.